The topological polar surface area (TPSA) is 83.5 Å². The molecule has 0 spiro atoms. The van der Waals surface area contributed by atoms with Crippen LogP contribution >= 0.6 is 0 Å². The van der Waals surface area contributed by atoms with Crippen LogP contribution in [0.1, 0.15) is 38.5 Å². The summed E-state index contributed by atoms with van der Waals surface area (Å²) in [6.45, 7) is 0.501. The average Bonchev–Trinajstić information content (AvgIpc) is 3.09. The SMILES string of the molecule is O=C1CC(NCC2CCS(=O)(=O)C2)C(=O)N1C1CCCC1. The molecule has 3 aliphatic rings. The normalized spacial score (nSPS) is 33.2. The summed E-state index contributed by atoms with van der Waals surface area (Å²) >= 11 is 0. The van der Waals surface area contributed by atoms with E-state index in [0.29, 0.717) is 13.0 Å². The summed E-state index contributed by atoms with van der Waals surface area (Å²) in [4.78, 5) is 25.9. The Hall–Kier alpha value is -0.950. The molecule has 7 heteroatoms. The van der Waals surface area contributed by atoms with E-state index in [0.717, 1.165) is 25.7 Å². The molecule has 6 nitrogen and oxygen atoms in total. The van der Waals surface area contributed by atoms with Gasteiger partial charge in [-0.1, -0.05) is 12.8 Å². The van der Waals surface area contributed by atoms with Crippen LogP contribution in [0.5, 0.6) is 0 Å². The van der Waals surface area contributed by atoms with Gasteiger partial charge in [-0.3, -0.25) is 14.5 Å². The lowest BCUT2D eigenvalue weighted by atomic mass is 10.1. The van der Waals surface area contributed by atoms with Gasteiger partial charge in [-0.2, -0.15) is 0 Å². The Balaban J connectivity index is 1.55. The fourth-order valence-electron chi connectivity index (χ4n) is 3.70. The maximum atomic E-state index is 12.4. The molecule has 0 aromatic rings. The lowest BCUT2D eigenvalue weighted by Gasteiger charge is -2.22. The molecule has 1 saturated carbocycles. The summed E-state index contributed by atoms with van der Waals surface area (Å²) in [5.41, 5.74) is 0. The Kier molecular flexibility index (Phi) is 4.05. The Bertz CT molecular complexity index is 539. The number of imide groups is 1. The molecule has 2 unspecified atom stereocenters. The van der Waals surface area contributed by atoms with Gasteiger partial charge in [0.2, 0.25) is 11.8 Å². The zero-order valence-electron chi connectivity index (χ0n) is 12.1. The van der Waals surface area contributed by atoms with Crippen molar-refractivity contribution in [3.05, 3.63) is 0 Å². The van der Waals surface area contributed by atoms with Crippen LogP contribution in [0.2, 0.25) is 0 Å². The standard InChI is InChI=1S/C14H22N2O4S/c17-13-7-12(14(18)16(13)11-3-1-2-4-11)15-8-10-5-6-21(19,20)9-10/h10-12,15H,1-9H2. The summed E-state index contributed by atoms with van der Waals surface area (Å²) in [5.74, 6) is 0.307. The van der Waals surface area contributed by atoms with E-state index in [1.54, 1.807) is 0 Å². The number of amides is 2. The summed E-state index contributed by atoms with van der Waals surface area (Å²) in [6.07, 6.45) is 4.88. The molecule has 2 saturated heterocycles. The largest absolute Gasteiger partial charge is 0.305 e. The van der Waals surface area contributed by atoms with Crippen LogP contribution < -0.4 is 5.32 Å². The van der Waals surface area contributed by atoms with Gasteiger partial charge in [0, 0.05) is 6.04 Å². The van der Waals surface area contributed by atoms with Crippen LogP contribution in [0, 0.1) is 5.92 Å². The molecule has 1 N–H and O–H groups in total. The molecule has 1 aliphatic carbocycles. The average molecular weight is 314 g/mol. The minimum Gasteiger partial charge on any atom is -0.305 e. The Morgan fingerprint density at radius 2 is 1.86 bits per heavy atom. The van der Waals surface area contributed by atoms with E-state index in [2.05, 4.69) is 5.32 Å². The number of hydrogen-bond acceptors (Lipinski definition) is 5. The molecule has 118 valence electrons. The molecule has 0 radical (unpaired) electrons. The first-order valence-corrected chi connectivity index (χ1v) is 9.58. The Morgan fingerprint density at radius 3 is 2.48 bits per heavy atom. The van der Waals surface area contributed by atoms with Crippen molar-refractivity contribution in [1.82, 2.24) is 10.2 Å². The van der Waals surface area contributed by atoms with Crippen molar-refractivity contribution in [2.24, 2.45) is 5.92 Å². The Morgan fingerprint density at radius 1 is 1.14 bits per heavy atom. The highest BCUT2D eigenvalue weighted by atomic mass is 32.2. The smallest absolute Gasteiger partial charge is 0.247 e. The fraction of sp³-hybridized carbons (Fsp3) is 0.857. The molecular formula is C14H22N2O4S. The van der Waals surface area contributed by atoms with Crippen LogP contribution in [-0.4, -0.2) is 55.3 Å². The number of carbonyl (C=O) groups excluding carboxylic acids is 2. The highest BCUT2D eigenvalue weighted by molar-refractivity contribution is 7.91. The fourth-order valence-corrected chi connectivity index (χ4v) is 5.56. The molecule has 3 fully saturated rings. The molecule has 2 atom stereocenters. The third kappa shape index (κ3) is 3.13. The predicted molar refractivity (Wildman–Crippen MR) is 77.3 cm³/mol. The first-order valence-electron chi connectivity index (χ1n) is 7.76. The van der Waals surface area contributed by atoms with Crippen LogP contribution in [0.4, 0.5) is 0 Å². The van der Waals surface area contributed by atoms with Crippen molar-refractivity contribution < 1.29 is 18.0 Å². The predicted octanol–water partition coefficient (Wildman–Crippen LogP) is 0.0808. The molecule has 2 aliphatic heterocycles. The lowest BCUT2D eigenvalue weighted by Crippen LogP contribution is -2.44. The van der Waals surface area contributed by atoms with Gasteiger partial charge in [0.1, 0.15) is 0 Å². The van der Waals surface area contributed by atoms with E-state index in [9.17, 15) is 18.0 Å². The van der Waals surface area contributed by atoms with Crippen LogP contribution in [-0.2, 0) is 19.4 Å². The minimum absolute atomic E-state index is 0.0680. The Labute approximate surface area is 125 Å². The molecule has 0 aromatic carbocycles. The second-order valence-electron chi connectivity index (χ2n) is 6.47. The zero-order chi connectivity index (χ0) is 15.0. The van der Waals surface area contributed by atoms with Crippen molar-refractivity contribution in [2.45, 2.75) is 50.6 Å². The summed E-state index contributed by atoms with van der Waals surface area (Å²) in [7, 11) is -2.89. The maximum absolute atomic E-state index is 12.4. The third-order valence-corrected chi connectivity index (χ3v) is 6.69. The van der Waals surface area contributed by atoms with E-state index in [-0.39, 0.29) is 41.7 Å². The highest BCUT2D eigenvalue weighted by Crippen LogP contribution is 2.28. The van der Waals surface area contributed by atoms with E-state index in [1.807, 2.05) is 0 Å². The quantitative estimate of drug-likeness (QED) is 0.743. The van der Waals surface area contributed by atoms with Gasteiger partial charge in [0.25, 0.3) is 0 Å². The summed E-state index contributed by atoms with van der Waals surface area (Å²) in [6, 6.07) is -0.370. The number of carbonyl (C=O) groups is 2. The molecule has 21 heavy (non-hydrogen) atoms. The maximum Gasteiger partial charge on any atom is 0.247 e. The van der Waals surface area contributed by atoms with E-state index in [4.69, 9.17) is 0 Å². The van der Waals surface area contributed by atoms with Gasteiger partial charge in [0.05, 0.1) is 24.0 Å². The van der Waals surface area contributed by atoms with Gasteiger partial charge >= 0.3 is 0 Å². The number of likely N-dealkylation sites (tertiary alicyclic amines) is 1. The van der Waals surface area contributed by atoms with E-state index < -0.39 is 15.9 Å². The second-order valence-corrected chi connectivity index (χ2v) is 8.70. The monoisotopic (exact) mass is 314 g/mol. The molecule has 3 rings (SSSR count). The van der Waals surface area contributed by atoms with Gasteiger partial charge in [-0.25, -0.2) is 8.42 Å². The number of sulfone groups is 1. The number of hydrogen-bond donors (Lipinski definition) is 1. The van der Waals surface area contributed by atoms with Crippen molar-refractivity contribution in [3.63, 3.8) is 0 Å². The van der Waals surface area contributed by atoms with Crippen molar-refractivity contribution in [2.75, 3.05) is 18.1 Å². The third-order valence-electron chi connectivity index (χ3n) is 4.85. The number of nitrogens with one attached hydrogen (secondary N) is 1. The molecular weight excluding hydrogens is 292 g/mol. The summed E-state index contributed by atoms with van der Waals surface area (Å²) < 4.78 is 22.8. The lowest BCUT2D eigenvalue weighted by molar-refractivity contribution is -0.141. The minimum atomic E-state index is -2.89. The van der Waals surface area contributed by atoms with Gasteiger partial charge in [-0.05, 0) is 31.7 Å². The van der Waals surface area contributed by atoms with Gasteiger partial charge < -0.3 is 5.32 Å². The molecule has 0 bridgehead atoms. The second kappa shape index (κ2) is 5.68. The van der Waals surface area contributed by atoms with Crippen LogP contribution in [0.15, 0.2) is 0 Å². The van der Waals surface area contributed by atoms with E-state index >= 15 is 0 Å². The van der Waals surface area contributed by atoms with Crippen molar-refractivity contribution >= 4 is 21.7 Å². The molecule has 2 amide bonds. The first kappa shape index (κ1) is 15.0. The van der Waals surface area contributed by atoms with Crippen molar-refractivity contribution in [1.29, 1.82) is 0 Å². The summed E-state index contributed by atoms with van der Waals surface area (Å²) in [5, 5.41) is 3.12. The van der Waals surface area contributed by atoms with Gasteiger partial charge in [-0.15, -0.1) is 0 Å². The van der Waals surface area contributed by atoms with Crippen LogP contribution in [0.3, 0.4) is 0 Å². The first-order chi connectivity index (χ1) is 9.96. The molecule has 0 aromatic heterocycles. The van der Waals surface area contributed by atoms with Crippen molar-refractivity contribution in [3.8, 4) is 0 Å². The van der Waals surface area contributed by atoms with Gasteiger partial charge in [0.15, 0.2) is 9.84 Å². The zero-order valence-corrected chi connectivity index (χ0v) is 12.9. The van der Waals surface area contributed by atoms with Crippen LogP contribution in [0.25, 0.3) is 0 Å². The van der Waals surface area contributed by atoms with E-state index in [1.165, 1.54) is 4.90 Å². The molecule has 2 heterocycles. The number of nitrogens with zero attached hydrogens (tertiary/aromatic N) is 1. The number of rotatable bonds is 4. The highest BCUT2D eigenvalue weighted by Gasteiger charge is 2.43.